The fourth-order valence-corrected chi connectivity index (χ4v) is 6.63. The van der Waals surface area contributed by atoms with Gasteiger partial charge in [-0.15, -0.1) is 0 Å². The highest BCUT2D eigenvalue weighted by molar-refractivity contribution is 6.18. The van der Waals surface area contributed by atoms with Gasteiger partial charge in [-0.2, -0.15) is 0 Å². The van der Waals surface area contributed by atoms with Crippen molar-refractivity contribution < 1.29 is 39.2 Å². The molecular weight excluding hydrogens is 464 g/mol. The molecule has 8 heteroatoms. The first-order valence-corrected chi connectivity index (χ1v) is 11.9. The quantitative estimate of drug-likeness (QED) is 0.537. The number of ketones is 2. The third-order valence-electron chi connectivity index (χ3n) is 8.78. The normalized spacial score (nSPS) is 30.0. The van der Waals surface area contributed by atoms with Gasteiger partial charge in [-0.05, 0) is 48.9 Å². The molecule has 36 heavy (non-hydrogen) atoms. The lowest BCUT2D eigenvalue weighted by atomic mass is 9.59. The van der Waals surface area contributed by atoms with Crippen molar-refractivity contribution in [3.8, 4) is 11.5 Å². The van der Waals surface area contributed by atoms with Gasteiger partial charge in [0.2, 0.25) is 5.79 Å². The number of phenolic OH excluding ortho intramolecular Hbond substituents is 2. The van der Waals surface area contributed by atoms with Crippen molar-refractivity contribution in [1.29, 1.82) is 0 Å². The lowest BCUT2D eigenvalue weighted by Crippen LogP contribution is -2.51. The molecule has 1 aliphatic heterocycles. The molecule has 5 rings (SSSR count). The maximum Gasteiger partial charge on any atom is 0.208 e. The molecule has 4 atom stereocenters. The second-order valence-corrected chi connectivity index (χ2v) is 11.0. The predicted molar refractivity (Wildman–Crippen MR) is 128 cm³/mol. The number of aliphatic hydroxyl groups is 1. The summed E-state index contributed by atoms with van der Waals surface area (Å²) < 4.78 is 6.23. The van der Waals surface area contributed by atoms with Gasteiger partial charge in [0.1, 0.15) is 23.0 Å². The Balaban J connectivity index is 1.90. The van der Waals surface area contributed by atoms with E-state index < -0.39 is 40.0 Å². The van der Waals surface area contributed by atoms with Gasteiger partial charge in [0.05, 0.1) is 16.5 Å². The van der Waals surface area contributed by atoms with Crippen molar-refractivity contribution in [2.45, 2.75) is 65.3 Å². The van der Waals surface area contributed by atoms with Crippen LogP contribution in [0.15, 0.2) is 12.1 Å². The first kappa shape index (κ1) is 24.3. The molecule has 0 radical (unpaired) electrons. The zero-order chi connectivity index (χ0) is 26.7. The van der Waals surface area contributed by atoms with E-state index in [1.165, 1.54) is 26.0 Å². The van der Waals surface area contributed by atoms with Crippen LogP contribution in [-0.4, -0.2) is 39.5 Å². The summed E-state index contributed by atoms with van der Waals surface area (Å²) >= 11 is 0. The van der Waals surface area contributed by atoms with Gasteiger partial charge in [0.15, 0.2) is 24.1 Å². The summed E-state index contributed by atoms with van der Waals surface area (Å²) in [6.45, 7) is 10.2. The van der Waals surface area contributed by atoms with E-state index in [0.717, 1.165) is 0 Å². The summed E-state index contributed by atoms with van der Waals surface area (Å²) in [5, 5.41) is 33.5. The average Bonchev–Trinajstić information content (AvgIpc) is 3.22. The Morgan fingerprint density at radius 1 is 0.861 bits per heavy atom. The topological polar surface area (TPSA) is 138 Å². The monoisotopic (exact) mass is 492 g/mol. The molecule has 0 saturated carbocycles. The Kier molecular flexibility index (Phi) is 4.81. The van der Waals surface area contributed by atoms with Crippen LogP contribution in [0.25, 0.3) is 0 Å². The largest absolute Gasteiger partial charge is 0.507 e. The molecule has 188 valence electrons. The molecule has 0 spiro atoms. The number of carbonyl (C=O) groups excluding carboxylic acids is 4. The molecule has 0 bridgehead atoms. The second-order valence-electron chi connectivity index (χ2n) is 11.0. The summed E-state index contributed by atoms with van der Waals surface area (Å²) in [5.41, 5.74) is -2.89. The smallest absolute Gasteiger partial charge is 0.208 e. The average molecular weight is 493 g/mol. The van der Waals surface area contributed by atoms with Crippen molar-refractivity contribution in [2.75, 3.05) is 0 Å². The third-order valence-corrected chi connectivity index (χ3v) is 8.78. The highest BCUT2D eigenvalue weighted by atomic mass is 16.6. The van der Waals surface area contributed by atoms with Gasteiger partial charge >= 0.3 is 0 Å². The number of benzene rings is 2. The van der Waals surface area contributed by atoms with Gasteiger partial charge in [-0.1, -0.05) is 27.7 Å². The molecule has 4 unspecified atom stereocenters. The Hall–Kier alpha value is -3.36. The number of hydrogen-bond donors (Lipinski definition) is 3. The fraction of sp³-hybridized carbons (Fsp3) is 0.429. The van der Waals surface area contributed by atoms with Crippen molar-refractivity contribution in [3.63, 3.8) is 0 Å². The van der Waals surface area contributed by atoms with E-state index in [2.05, 4.69) is 0 Å². The van der Waals surface area contributed by atoms with E-state index in [1.807, 2.05) is 13.8 Å². The molecule has 1 heterocycles. The highest BCUT2D eigenvalue weighted by Crippen LogP contribution is 2.75. The highest BCUT2D eigenvalue weighted by Gasteiger charge is 2.82. The van der Waals surface area contributed by atoms with E-state index in [-0.39, 0.29) is 51.0 Å². The lowest BCUT2D eigenvalue weighted by Gasteiger charge is -2.38. The van der Waals surface area contributed by atoms with Gasteiger partial charge in [-0.3, -0.25) is 19.2 Å². The van der Waals surface area contributed by atoms with Gasteiger partial charge in [0, 0.05) is 22.3 Å². The molecule has 0 amide bonds. The van der Waals surface area contributed by atoms with Crippen LogP contribution < -0.4 is 0 Å². The van der Waals surface area contributed by atoms with Crippen LogP contribution in [0.4, 0.5) is 0 Å². The third kappa shape index (κ3) is 2.32. The minimum absolute atomic E-state index is 0.0564. The van der Waals surface area contributed by atoms with Crippen LogP contribution >= 0.6 is 0 Å². The predicted octanol–water partition coefficient (Wildman–Crippen LogP) is 4.29. The standard InChI is InChI=1S/C28H28O8/c1-11(2)13-7-17(31)15(9-29)20-19(13)23(33)26(5)25(20)36-28(35)22-16(10-30)18(32)8-14(12(3)4)21(22)24(34)27(26,28)6/h7-12,25,31-32,35H,1-6H3. The van der Waals surface area contributed by atoms with E-state index >= 15 is 0 Å². The summed E-state index contributed by atoms with van der Waals surface area (Å²) in [5.74, 6) is -4.73. The summed E-state index contributed by atoms with van der Waals surface area (Å²) in [6, 6.07) is 2.72. The zero-order valence-electron chi connectivity index (χ0n) is 20.9. The molecular formula is C28H28O8. The maximum absolute atomic E-state index is 14.3. The summed E-state index contributed by atoms with van der Waals surface area (Å²) in [4.78, 5) is 52.7. The van der Waals surface area contributed by atoms with Gasteiger partial charge in [-0.25, -0.2) is 0 Å². The van der Waals surface area contributed by atoms with Crippen LogP contribution in [0, 0.1) is 10.8 Å². The first-order valence-electron chi connectivity index (χ1n) is 11.9. The lowest BCUT2D eigenvalue weighted by molar-refractivity contribution is -0.232. The van der Waals surface area contributed by atoms with Crippen LogP contribution in [-0.2, 0) is 10.5 Å². The molecule has 2 aliphatic carbocycles. The van der Waals surface area contributed by atoms with Crippen LogP contribution in [0.2, 0.25) is 0 Å². The van der Waals surface area contributed by atoms with Crippen LogP contribution in [0.5, 0.6) is 11.5 Å². The molecule has 3 aliphatic rings. The number of hydrogen-bond acceptors (Lipinski definition) is 8. The van der Waals surface area contributed by atoms with Crippen molar-refractivity contribution >= 4 is 24.1 Å². The minimum atomic E-state index is -2.45. The Morgan fingerprint density at radius 2 is 1.36 bits per heavy atom. The number of phenols is 2. The Morgan fingerprint density at radius 3 is 1.86 bits per heavy atom. The summed E-state index contributed by atoms with van der Waals surface area (Å²) in [6.07, 6.45) is -0.484. The Bertz CT molecular complexity index is 1420. The molecule has 2 aromatic rings. The molecule has 1 fully saturated rings. The minimum Gasteiger partial charge on any atom is -0.507 e. The molecule has 1 saturated heterocycles. The maximum atomic E-state index is 14.3. The van der Waals surface area contributed by atoms with Gasteiger partial charge in [0.25, 0.3) is 0 Å². The van der Waals surface area contributed by atoms with Crippen molar-refractivity contribution in [1.82, 2.24) is 0 Å². The number of Topliss-reactive ketones (excluding diaryl/α,β-unsaturated/α-hetero) is 2. The Labute approximate surface area is 207 Å². The zero-order valence-corrected chi connectivity index (χ0v) is 20.9. The number of rotatable bonds is 4. The molecule has 2 aromatic carbocycles. The molecule has 0 aromatic heterocycles. The fourth-order valence-electron chi connectivity index (χ4n) is 6.63. The van der Waals surface area contributed by atoms with Crippen LogP contribution in [0.1, 0.15) is 123 Å². The number of ether oxygens (including phenoxy) is 1. The number of aldehydes is 2. The molecule has 8 nitrogen and oxygen atoms in total. The first-order chi connectivity index (χ1) is 16.7. The van der Waals surface area contributed by atoms with Crippen molar-refractivity contribution in [2.24, 2.45) is 10.8 Å². The SMILES string of the molecule is CC(C)c1cc(O)c(C=O)c2c1C(=O)C1(C)C2OC2(O)c3c(C=O)c(O)cc(C(C)C)c3C(=O)C21C. The van der Waals surface area contributed by atoms with E-state index in [0.29, 0.717) is 23.7 Å². The number of carbonyl (C=O) groups is 4. The van der Waals surface area contributed by atoms with E-state index in [1.54, 1.807) is 13.8 Å². The van der Waals surface area contributed by atoms with E-state index in [9.17, 15) is 34.5 Å². The van der Waals surface area contributed by atoms with E-state index in [4.69, 9.17) is 4.74 Å². The summed E-state index contributed by atoms with van der Waals surface area (Å²) in [7, 11) is 0. The number of fused-ring (bicyclic) bond motifs is 7. The van der Waals surface area contributed by atoms with Gasteiger partial charge < -0.3 is 20.1 Å². The van der Waals surface area contributed by atoms with Crippen LogP contribution in [0.3, 0.4) is 0 Å². The number of aromatic hydroxyl groups is 2. The molecule has 3 N–H and O–H groups in total. The van der Waals surface area contributed by atoms with Crippen molar-refractivity contribution in [3.05, 3.63) is 56.6 Å². The second kappa shape index (κ2) is 7.11.